The van der Waals surface area contributed by atoms with Crippen LogP contribution in [0, 0.1) is 5.82 Å². The molecule has 1 nitrogen and oxygen atoms in total. The Morgan fingerprint density at radius 3 is 2.59 bits per heavy atom. The van der Waals surface area contributed by atoms with Crippen molar-refractivity contribution in [3.05, 3.63) is 58.9 Å². The molecule has 17 heavy (non-hydrogen) atoms. The molecule has 0 spiro atoms. The molecule has 0 aliphatic heterocycles. The lowest BCUT2D eigenvalue weighted by molar-refractivity contribution is 0.476. The Hall–Kier alpha value is -1.25. The number of hydrogen-bond donors (Lipinski definition) is 0. The van der Waals surface area contributed by atoms with E-state index in [9.17, 15) is 4.39 Å². The first-order valence-electron chi connectivity index (χ1n) is 4.97. The van der Waals surface area contributed by atoms with Gasteiger partial charge >= 0.3 is 0 Å². The summed E-state index contributed by atoms with van der Waals surface area (Å²) < 4.78 is 18.6. The molecule has 0 radical (unpaired) electrons. The minimum atomic E-state index is -0.468. The standard InChI is InChI=1S/C13H9Cl2FO/c14-8-9-3-1-2-4-13(9)17-10-5-6-12(16)11(15)7-10/h1-7H,8H2. The molecule has 0 amide bonds. The van der Waals surface area contributed by atoms with Gasteiger partial charge in [0.1, 0.15) is 17.3 Å². The van der Waals surface area contributed by atoms with Gasteiger partial charge in [-0.3, -0.25) is 0 Å². The second-order valence-corrected chi connectivity index (χ2v) is 4.09. The van der Waals surface area contributed by atoms with E-state index in [-0.39, 0.29) is 5.02 Å². The SMILES string of the molecule is Fc1ccc(Oc2ccccc2CCl)cc1Cl. The van der Waals surface area contributed by atoms with Crippen molar-refractivity contribution in [1.29, 1.82) is 0 Å². The van der Waals surface area contributed by atoms with Crippen LogP contribution in [-0.2, 0) is 5.88 Å². The third-order valence-corrected chi connectivity index (χ3v) is 2.81. The lowest BCUT2D eigenvalue weighted by Crippen LogP contribution is -1.89. The van der Waals surface area contributed by atoms with Gasteiger partial charge in [0, 0.05) is 11.6 Å². The van der Waals surface area contributed by atoms with Crippen molar-refractivity contribution < 1.29 is 9.13 Å². The number of halogens is 3. The quantitative estimate of drug-likeness (QED) is 0.713. The fourth-order valence-electron chi connectivity index (χ4n) is 1.38. The molecule has 0 saturated heterocycles. The van der Waals surface area contributed by atoms with E-state index in [1.54, 1.807) is 6.07 Å². The third kappa shape index (κ3) is 2.90. The van der Waals surface area contributed by atoms with E-state index < -0.39 is 5.82 Å². The van der Waals surface area contributed by atoms with Crippen molar-refractivity contribution >= 4 is 23.2 Å². The van der Waals surface area contributed by atoms with Crippen LogP contribution >= 0.6 is 23.2 Å². The Bertz CT molecular complexity index is 529. The normalized spacial score (nSPS) is 10.3. The molecule has 0 fully saturated rings. The van der Waals surface area contributed by atoms with E-state index in [1.165, 1.54) is 18.2 Å². The molecule has 2 aromatic rings. The molecular weight excluding hydrogens is 262 g/mol. The van der Waals surface area contributed by atoms with Crippen molar-refractivity contribution in [2.24, 2.45) is 0 Å². The summed E-state index contributed by atoms with van der Waals surface area (Å²) in [6.45, 7) is 0. The Morgan fingerprint density at radius 2 is 1.88 bits per heavy atom. The van der Waals surface area contributed by atoms with Gasteiger partial charge in [0.2, 0.25) is 0 Å². The molecule has 0 N–H and O–H groups in total. The number of alkyl halides is 1. The fraction of sp³-hybridized carbons (Fsp3) is 0.0769. The molecule has 0 atom stereocenters. The highest BCUT2D eigenvalue weighted by molar-refractivity contribution is 6.30. The van der Waals surface area contributed by atoms with Crippen molar-refractivity contribution in [2.75, 3.05) is 0 Å². The molecule has 0 unspecified atom stereocenters. The molecule has 0 aliphatic rings. The molecule has 0 aliphatic carbocycles. The fourth-order valence-corrected chi connectivity index (χ4v) is 1.77. The number of rotatable bonds is 3. The maximum absolute atomic E-state index is 13.0. The first-order chi connectivity index (χ1) is 8.20. The van der Waals surface area contributed by atoms with Gasteiger partial charge in [-0.05, 0) is 18.2 Å². The molecule has 0 heterocycles. The predicted molar refractivity (Wildman–Crippen MR) is 67.5 cm³/mol. The van der Waals surface area contributed by atoms with Crippen LogP contribution in [0.4, 0.5) is 4.39 Å². The molecule has 4 heteroatoms. The van der Waals surface area contributed by atoms with Crippen LogP contribution < -0.4 is 4.74 Å². The molecule has 0 aromatic heterocycles. The smallest absolute Gasteiger partial charge is 0.142 e. The van der Waals surface area contributed by atoms with E-state index >= 15 is 0 Å². The Balaban J connectivity index is 2.28. The van der Waals surface area contributed by atoms with Gasteiger partial charge in [-0.1, -0.05) is 29.8 Å². The molecule has 88 valence electrons. The second-order valence-electron chi connectivity index (χ2n) is 3.42. The van der Waals surface area contributed by atoms with Crippen molar-refractivity contribution in [3.8, 4) is 11.5 Å². The largest absolute Gasteiger partial charge is 0.457 e. The average Bonchev–Trinajstić information content (AvgIpc) is 2.34. The summed E-state index contributed by atoms with van der Waals surface area (Å²) in [7, 11) is 0. The highest BCUT2D eigenvalue weighted by Gasteiger charge is 2.05. The summed E-state index contributed by atoms with van der Waals surface area (Å²) in [5, 5.41) is 0.0332. The van der Waals surface area contributed by atoms with Gasteiger partial charge in [-0.2, -0.15) is 0 Å². The van der Waals surface area contributed by atoms with Crippen LogP contribution in [0.3, 0.4) is 0 Å². The minimum absolute atomic E-state index is 0.0332. The molecule has 2 rings (SSSR count). The molecule has 0 bridgehead atoms. The highest BCUT2D eigenvalue weighted by Crippen LogP contribution is 2.28. The lowest BCUT2D eigenvalue weighted by Gasteiger charge is -2.09. The first kappa shape index (κ1) is 12.2. The maximum atomic E-state index is 13.0. The predicted octanol–water partition coefficient (Wildman–Crippen LogP) is 5.01. The van der Waals surface area contributed by atoms with E-state index in [0.717, 1.165) is 5.56 Å². The summed E-state index contributed by atoms with van der Waals surface area (Å²) in [6.07, 6.45) is 0. The van der Waals surface area contributed by atoms with Crippen LogP contribution in [-0.4, -0.2) is 0 Å². The Morgan fingerprint density at radius 1 is 1.12 bits per heavy atom. The van der Waals surface area contributed by atoms with Gasteiger partial charge in [0.25, 0.3) is 0 Å². The summed E-state index contributed by atoms with van der Waals surface area (Å²) in [5.41, 5.74) is 0.870. The molecule has 2 aromatic carbocycles. The average molecular weight is 271 g/mol. The minimum Gasteiger partial charge on any atom is -0.457 e. The van der Waals surface area contributed by atoms with Crippen LogP contribution in [0.5, 0.6) is 11.5 Å². The van der Waals surface area contributed by atoms with E-state index in [4.69, 9.17) is 27.9 Å². The first-order valence-corrected chi connectivity index (χ1v) is 5.88. The van der Waals surface area contributed by atoms with Gasteiger partial charge in [0.15, 0.2) is 0 Å². The monoisotopic (exact) mass is 270 g/mol. The van der Waals surface area contributed by atoms with Gasteiger partial charge < -0.3 is 4.74 Å². The highest BCUT2D eigenvalue weighted by atomic mass is 35.5. The lowest BCUT2D eigenvalue weighted by atomic mass is 10.2. The van der Waals surface area contributed by atoms with E-state index in [0.29, 0.717) is 17.4 Å². The zero-order chi connectivity index (χ0) is 12.3. The topological polar surface area (TPSA) is 9.23 Å². The maximum Gasteiger partial charge on any atom is 0.142 e. The van der Waals surface area contributed by atoms with Crippen molar-refractivity contribution in [2.45, 2.75) is 5.88 Å². The van der Waals surface area contributed by atoms with Crippen LogP contribution in [0.25, 0.3) is 0 Å². The summed E-state index contributed by atoms with van der Waals surface area (Å²) in [5.74, 6) is 1.01. The number of ether oxygens (including phenoxy) is 1. The Kier molecular flexibility index (Phi) is 3.87. The van der Waals surface area contributed by atoms with Crippen LogP contribution in [0.1, 0.15) is 5.56 Å². The third-order valence-electron chi connectivity index (χ3n) is 2.24. The summed E-state index contributed by atoms with van der Waals surface area (Å²) in [4.78, 5) is 0. The van der Waals surface area contributed by atoms with Crippen molar-refractivity contribution in [3.63, 3.8) is 0 Å². The summed E-state index contributed by atoms with van der Waals surface area (Å²) in [6, 6.07) is 11.6. The van der Waals surface area contributed by atoms with Gasteiger partial charge in [-0.15, -0.1) is 11.6 Å². The van der Waals surface area contributed by atoms with Crippen LogP contribution in [0.15, 0.2) is 42.5 Å². The van der Waals surface area contributed by atoms with Gasteiger partial charge in [0.05, 0.1) is 10.9 Å². The Labute approximate surface area is 109 Å². The number of benzene rings is 2. The van der Waals surface area contributed by atoms with E-state index in [1.807, 2.05) is 18.2 Å². The van der Waals surface area contributed by atoms with Crippen LogP contribution in [0.2, 0.25) is 5.02 Å². The summed E-state index contributed by atoms with van der Waals surface area (Å²) >= 11 is 11.5. The second kappa shape index (κ2) is 5.39. The molecule has 0 saturated carbocycles. The van der Waals surface area contributed by atoms with E-state index in [2.05, 4.69) is 0 Å². The number of hydrogen-bond acceptors (Lipinski definition) is 1. The van der Waals surface area contributed by atoms with Gasteiger partial charge in [-0.25, -0.2) is 4.39 Å². The van der Waals surface area contributed by atoms with Crippen molar-refractivity contribution in [1.82, 2.24) is 0 Å². The zero-order valence-corrected chi connectivity index (χ0v) is 10.3. The molecular formula is C13H9Cl2FO. The number of para-hydroxylation sites is 1. The zero-order valence-electron chi connectivity index (χ0n) is 8.79.